The first-order valence-corrected chi connectivity index (χ1v) is 5.79. The smallest absolute Gasteiger partial charge is 0.0474 e. The van der Waals surface area contributed by atoms with E-state index in [1.54, 1.807) is 7.11 Å². The van der Waals surface area contributed by atoms with Crippen LogP contribution in [-0.4, -0.2) is 38.8 Å². The maximum atomic E-state index is 5.04. The van der Waals surface area contributed by atoms with Crippen molar-refractivity contribution in [3.63, 3.8) is 0 Å². The zero-order valence-corrected chi connectivity index (χ0v) is 10.5. The molecule has 1 atom stereocenters. The van der Waals surface area contributed by atoms with Gasteiger partial charge in [0.2, 0.25) is 0 Å². The molecule has 0 aliphatic carbocycles. The first kappa shape index (κ1) is 13.9. The minimum absolute atomic E-state index is 0.796. The predicted molar refractivity (Wildman–Crippen MR) is 62.6 cm³/mol. The summed E-state index contributed by atoms with van der Waals surface area (Å²) in [4.78, 5) is 2.42. The summed E-state index contributed by atoms with van der Waals surface area (Å²) in [6, 6.07) is 0. The van der Waals surface area contributed by atoms with Crippen molar-refractivity contribution in [2.24, 2.45) is 11.8 Å². The van der Waals surface area contributed by atoms with Crippen LogP contribution in [0, 0.1) is 11.8 Å². The van der Waals surface area contributed by atoms with Crippen LogP contribution in [0.1, 0.15) is 33.6 Å². The molecule has 0 N–H and O–H groups in total. The molecule has 0 rings (SSSR count). The third-order valence-corrected chi connectivity index (χ3v) is 2.90. The van der Waals surface area contributed by atoms with Crippen LogP contribution in [0.25, 0.3) is 0 Å². The van der Waals surface area contributed by atoms with Crippen LogP contribution in [0.2, 0.25) is 0 Å². The Bertz CT molecular complexity index is 125. The van der Waals surface area contributed by atoms with E-state index in [4.69, 9.17) is 4.74 Å². The molecule has 0 amide bonds. The zero-order valence-electron chi connectivity index (χ0n) is 10.5. The first-order chi connectivity index (χ1) is 6.61. The second-order valence-electron chi connectivity index (χ2n) is 4.52. The summed E-state index contributed by atoms with van der Waals surface area (Å²) in [5.41, 5.74) is 0. The van der Waals surface area contributed by atoms with Crippen molar-refractivity contribution >= 4 is 0 Å². The Morgan fingerprint density at radius 3 is 2.36 bits per heavy atom. The van der Waals surface area contributed by atoms with Crippen LogP contribution in [0.4, 0.5) is 0 Å². The molecule has 0 bridgehead atoms. The van der Waals surface area contributed by atoms with Gasteiger partial charge >= 0.3 is 0 Å². The molecule has 0 radical (unpaired) electrons. The van der Waals surface area contributed by atoms with Crippen molar-refractivity contribution in [2.75, 3.05) is 33.9 Å². The van der Waals surface area contributed by atoms with Gasteiger partial charge < -0.3 is 9.64 Å². The minimum atomic E-state index is 0.796. The lowest BCUT2D eigenvalue weighted by Gasteiger charge is -2.25. The molecule has 0 aromatic heterocycles. The van der Waals surface area contributed by atoms with E-state index in [1.807, 2.05) is 0 Å². The lowest BCUT2D eigenvalue weighted by molar-refractivity contribution is 0.167. The predicted octanol–water partition coefficient (Wildman–Crippen LogP) is 2.64. The number of nitrogens with zero attached hydrogens (tertiary/aromatic N) is 1. The summed E-state index contributed by atoms with van der Waals surface area (Å²) in [5, 5.41) is 0. The molecule has 0 fully saturated rings. The van der Waals surface area contributed by atoms with Crippen LogP contribution in [-0.2, 0) is 4.74 Å². The fraction of sp³-hybridized carbons (Fsp3) is 1.00. The summed E-state index contributed by atoms with van der Waals surface area (Å²) in [7, 11) is 3.98. The van der Waals surface area contributed by atoms with Crippen LogP contribution in [0.5, 0.6) is 0 Å². The lowest BCUT2D eigenvalue weighted by Crippen LogP contribution is -2.29. The molecule has 0 aliphatic heterocycles. The van der Waals surface area contributed by atoms with Gasteiger partial charge in [0, 0.05) is 26.8 Å². The topological polar surface area (TPSA) is 12.5 Å². The second-order valence-corrected chi connectivity index (χ2v) is 4.52. The Labute approximate surface area is 89.6 Å². The third-order valence-electron chi connectivity index (χ3n) is 2.90. The van der Waals surface area contributed by atoms with E-state index in [0.29, 0.717) is 0 Å². The molecule has 1 unspecified atom stereocenters. The van der Waals surface area contributed by atoms with E-state index < -0.39 is 0 Å². The van der Waals surface area contributed by atoms with Crippen molar-refractivity contribution in [3.05, 3.63) is 0 Å². The number of rotatable bonds is 8. The van der Waals surface area contributed by atoms with E-state index in [0.717, 1.165) is 31.4 Å². The summed E-state index contributed by atoms with van der Waals surface area (Å²) in [6.45, 7) is 10.2. The Morgan fingerprint density at radius 1 is 1.29 bits per heavy atom. The number of methoxy groups -OCH3 is 1. The summed E-state index contributed by atoms with van der Waals surface area (Å²) >= 11 is 0. The van der Waals surface area contributed by atoms with E-state index in [1.165, 1.54) is 13.0 Å². The zero-order chi connectivity index (χ0) is 11.0. The van der Waals surface area contributed by atoms with Crippen molar-refractivity contribution in [1.82, 2.24) is 4.90 Å². The van der Waals surface area contributed by atoms with Crippen LogP contribution < -0.4 is 0 Å². The van der Waals surface area contributed by atoms with Gasteiger partial charge in [-0.25, -0.2) is 0 Å². The van der Waals surface area contributed by atoms with Gasteiger partial charge in [-0.2, -0.15) is 0 Å². The fourth-order valence-corrected chi connectivity index (χ4v) is 1.78. The summed E-state index contributed by atoms with van der Waals surface area (Å²) in [6.07, 6.45) is 2.42. The van der Waals surface area contributed by atoms with Crippen molar-refractivity contribution < 1.29 is 4.74 Å². The molecule has 2 heteroatoms. The molecule has 0 saturated heterocycles. The standard InChI is InChI=1S/C12H27NO/c1-6-12(11(2)3)10-13(4)8-7-9-14-5/h11-12H,6-10H2,1-5H3. The summed E-state index contributed by atoms with van der Waals surface area (Å²) in [5.74, 6) is 1.63. The Balaban J connectivity index is 3.62. The van der Waals surface area contributed by atoms with Crippen LogP contribution in [0.3, 0.4) is 0 Å². The van der Waals surface area contributed by atoms with E-state index in [9.17, 15) is 0 Å². The molecular weight excluding hydrogens is 174 g/mol. The highest BCUT2D eigenvalue weighted by atomic mass is 16.5. The Hall–Kier alpha value is -0.0800. The number of hydrogen-bond acceptors (Lipinski definition) is 2. The van der Waals surface area contributed by atoms with E-state index in [-0.39, 0.29) is 0 Å². The van der Waals surface area contributed by atoms with Gasteiger partial charge in [-0.3, -0.25) is 0 Å². The van der Waals surface area contributed by atoms with Gasteiger partial charge in [-0.15, -0.1) is 0 Å². The molecular formula is C12H27NO. The SMILES string of the molecule is CCC(CN(C)CCCOC)C(C)C. The minimum Gasteiger partial charge on any atom is -0.385 e. The number of hydrogen-bond donors (Lipinski definition) is 0. The van der Waals surface area contributed by atoms with Gasteiger partial charge in [0.25, 0.3) is 0 Å². The van der Waals surface area contributed by atoms with Crippen LogP contribution in [0.15, 0.2) is 0 Å². The van der Waals surface area contributed by atoms with Crippen LogP contribution >= 0.6 is 0 Å². The quantitative estimate of drug-likeness (QED) is 0.560. The van der Waals surface area contributed by atoms with Gasteiger partial charge in [0.15, 0.2) is 0 Å². The maximum absolute atomic E-state index is 5.04. The highest BCUT2D eigenvalue weighted by molar-refractivity contribution is 4.65. The molecule has 0 spiro atoms. The van der Waals surface area contributed by atoms with Crippen molar-refractivity contribution in [3.8, 4) is 0 Å². The number of ether oxygens (including phenoxy) is 1. The highest BCUT2D eigenvalue weighted by Gasteiger charge is 2.12. The van der Waals surface area contributed by atoms with Gasteiger partial charge in [-0.1, -0.05) is 27.2 Å². The Kier molecular flexibility index (Phi) is 8.20. The average Bonchev–Trinajstić information content (AvgIpc) is 2.14. The van der Waals surface area contributed by atoms with E-state index in [2.05, 4.69) is 32.7 Å². The average molecular weight is 201 g/mol. The highest BCUT2D eigenvalue weighted by Crippen LogP contribution is 2.15. The largest absolute Gasteiger partial charge is 0.385 e. The second kappa shape index (κ2) is 8.25. The molecule has 0 saturated carbocycles. The molecule has 86 valence electrons. The first-order valence-electron chi connectivity index (χ1n) is 5.79. The molecule has 0 aromatic carbocycles. The van der Waals surface area contributed by atoms with E-state index >= 15 is 0 Å². The van der Waals surface area contributed by atoms with Gasteiger partial charge in [0.05, 0.1) is 0 Å². The maximum Gasteiger partial charge on any atom is 0.0474 e. The fourth-order valence-electron chi connectivity index (χ4n) is 1.78. The molecule has 0 aromatic rings. The molecule has 0 aliphatic rings. The molecule has 0 heterocycles. The molecule has 14 heavy (non-hydrogen) atoms. The van der Waals surface area contributed by atoms with Gasteiger partial charge in [-0.05, 0) is 25.3 Å². The van der Waals surface area contributed by atoms with Crippen molar-refractivity contribution in [2.45, 2.75) is 33.6 Å². The Morgan fingerprint density at radius 2 is 1.93 bits per heavy atom. The normalized spacial score (nSPS) is 13.9. The lowest BCUT2D eigenvalue weighted by atomic mass is 9.93. The summed E-state index contributed by atoms with van der Waals surface area (Å²) < 4.78 is 5.04. The monoisotopic (exact) mass is 201 g/mol. The third kappa shape index (κ3) is 6.39. The van der Waals surface area contributed by atoms with Gasteiger partial charge in [0.1, 0.15) is 0 Å². The molecule has 2 nitrogen and oxygen atoms in total. The van der Waals surface area contributed by atoms with Crippen molar-refractivity contribution in [1.29, 1.82) is 0 Å².